The highest BCUT2D eigenvalue weighted by Crippen LogP contribution is 2.33. The lowest BCUT2D eigenvalue weighted by molar-refractivity contribution is -0.142. The predicted octanol–water partition coefficient (Wildman–Crippen LogP) is 2.35. The smallest absolute Gasteiger partial charge is 0.326 e. The van der Waals surface area contributed by atoms with Crippen LogP contribution < -0.4 is 31.9 Å². The Morgan fingerprint density at radius 1 is 0.788 bits per heavy atom. The van der Waals surface area contributed by atoms with Crippen LogP contribution in [0.2, 0.25) is 0 Å². The lowest BCUT2D eigenvalue weighted by Crippen LogP contribution is -2.40. The van der Waals surface area contributed by atoms with Crippen LogP contribution in [0.1, 0.15) is 82.0 Å². The first-order valence-electron chi connectivity index (χ1n) is 22.1. The number of aliphatic carboxylic acids is 3. The zero-order valence-corrected chi connectivity index (χ0v) is 38.5. The molecular formula is C44H61N9O11S2. The first-order valence-corrected chi connectivity index (χ1v) is 23.6. The molecule has 2 fully saturated rings. The highest BCUT2D eigenvalue weighted by Gasteiger charge is 2.42. The number of carboxylic acid groups (broad SMARTS) is 3. The van der Waals surface area contributed by atoms with Crippen molar-refractivity contribution in [2.45, 2.75) is 107 Å². The van der Waals surface area contributed by atoms with Gasteiger partial charge in [0.1, 0.15) is 18.6 Å². The van der Waals surface area contributed by atoms with E-state index in [1.165, 1.54) is 9.80 Å². The average Bonchev–Trinajstić information content (AvgIpc) is 3.81. The number of thioether (sulfide) groups is 1. The van der Waals surface area contributed by atoms with Crippen LogP contribution in [0.25, 0.3) is 11.1 Å². The molecule has 1 aromatic carbocycles. The van der Waals surface area contributed by atoms with Gasteiger partial charge in [-0.25, -0.2) is 9.59 Å². The van der Waals surface area contributed by atoms with Gasteiger partial charge in [0.2, 0.25) is 11.8 Å². The molecule has 4 atom stereocenters. The SMILES string of the molecule is O=CCN(CC(=O)O)Cc1cc(-c2ccc(NC(=S)NCCCCCC(=O)NC(CCCCNC(=O)CCCCC3SCC4NC(=O)NC43)C(=O)O)cc2)cc(CN(CC=O)CC(=O)O)n1. The third-order valence-corrected chi connectivity index (χ3v) is 12.6. The molecule has 4 unspecified atom stereocenters. The van der Waals surface area contributed by atoms with Crippen molar-refractivity contribution in [2.75, 3.05) is 50.3 Å². The summed E-state index contributed by atoms with van der Waals surface area (Å²) >= 11 is 7.31. The van der Waals surface area contributed by atoms with Gasteiger partial charge < -0.3 is 56.8 Å². The fraction of sp³-hybridized carbons (Fsp3) is 0.545. The van der Waals surface area contributed by atoms with Gasteiger partial charge in [-0.2, -0.15) is 11.8 Å². The molecule has 0 spiro atoms. The van der Waals surface area contributed by atoms with Gasteiger partial charge in [-0.05, 0) is 92.6 Å². The minimum atomic E-state index is -1.11. The average molecular weight is 956 g/mol. The number of benzene rings is 1. The first-order chi connectivity index (χ1) is 31.7. The number of unbranched alkanes of at least 4 members (excludes halogenated alkanes) is 4. The zero-order chi connectivity index (χ0) is 47.8. The third-order valence-electron chi connectivity index (χ3n) is 10.9. The van der Waals surface area contributed by atoms with Crippen molar-refractivity contribution in [3.63, 3.8) is 0 Å². The van der Waals surface area contributed by atoms with Crippen molar-refractivity contribution in [2.24, 2.45) is 0 Å². The van der Waals surface area contributed by atoms with Crippen LogP contribution in [-0.4, -0.2) is 152 Å². The van der Waals surface area contributed by atoms with Crippen molar-refractivity contribution < 1.29 is 53.7 Å². The van der Waals surface area contributed by atoms with E-state index in [9.17, 15) is 53.7 Å². The maximum Gasteiger partial charge on any atom is 0.326 e. The summed E-state index contributed by atoms with van der Waals surface area (Å²) in [6, 6.07) is 10.0. The Morgan fingerprint density at radius 2 is 1.39 bits per heavy atom. The van der Waals surface area contributed by atoms with Gasteiger partial charge in [0.15, 0.2) is 5.11 Å². The third kappa shape index (κ3) is 19.4. The standard InChI is InChI=1S/C44H61N9O11S2/c54-20-18-52(26-39(58)59)24-32-22-30(23-33(47-32)25-53(19-21-55)27-40(60)61)29-12-14-31(15-13-29)48-44(65)46-17-6-1-2-11-38(57)49-34(42(62)63)8-5-7-16-45-37(56)10-4-3-9-36-41-35(28-66-36)50-43(64)51-41/h12-15,20-23,34-36,41H,1-11,16-19,24-28H2,(H,45,56)(H,49,57)(H,58,59)(H,60,61)(H,62,63)(H2,46,48,65)(H2,50,51,64). The number of fused-ring (bicyclic) bond motifs is 1. The summed E-state index contributed by atoms with van der Waals surface area (Å²) in [5, 5.41) is 46.7. The molecule has 20 nitrogen and oxygen atoms in total. The molecule has 0 radical (unpaired) electrons. The molecular weight excluding hydrogens is 895 g/mol. The summed E-state index contributed by atoms with van der Waals surface area (Å²) < 4.78 is 0. The first kappa shape index (κ1) is 52.9. The number of nitrogens with one attached hydrogen (secondary N) is 6. The largest absolute Gasteiger partial charge is 0.480 e. The number of amides is 4. The Labute approximate surface area is 393 Å². The molecule has 22 heteroatoms. The van der Waals surface area contributed by atoms with Gasteiger partial charge in [-0.15, -0.1) is 0 Å². The molecule has 1 aromatic heterocycles. The monoisotopic (exact) mass is 955 g/mol. The van der Waals surface area contributed by atoms with E-state index in [1.54, 1.807) is 12.1 Å². The number of rotatable bonds is 32. The van der Waals surface area contributed by atoms with E-state index in [1.807, 2.05) is 36.0 Å². The molecule has 0 bridgehead atoms. The molecule has 9 N–H and O–H groups in total. The summed E-state index contributed by atoms with van der Waals surface area (Å²) in [6.07, 6.45) is 7.73. The second-order valence-electron chi connectivity index (χ2n) is 16.2. The highest BCUT2D eigenvalue weighted by atomic mass is 32.2. The number of hydrogen-bond acceptors (Lipinski definition) is 13. The Kier molecular flexibility index (Phi) is 22.7. The van der Waals surface area contributed by atoms with Gasteiger partial charge in [0, 0.05) is 55.7 Å². The van der Waals surface area contributed by atoms with E-state index in [2.05, 4.69) is 36.9 Å². The Bertz CT molecular complexity index is 1940. The number of aldehydes is 2. The Balaban J connectivity index is 1.12. The molecule has 0 saturated carbocycles. The molecule has 4 amide bonds. The highest BCUT2D eigenvalue weighted by molar-refractivity contribution is 8.00. The molecule has 2 aliphatic heterocycles. The van der Waals surface area contributed by atoms with E-state index in [0.717, 1.165) is 30.6 Å². The second kappa shape index (κ2) is 28.4. The van der Waals surface area contributed by atoms with E-state index < -0.39 is 37.0 Å². The molecule has 66 heavy (non-hydrogen) atoms. The van der Waals surface area contributed by atoms with Crippen molar-refractivity contribution >= 4 is 83.1 Å². The van der Waals surface area contributed by atoms with Gasteiger partial charge in [0.25, 0.3) is 0 Å². The second-order valence-corrected chi connectivity index (χ2v) is 17.9. The van der Waals surface area contributed by atoms with E-state index in [-0.39, 0.29) is 68.9 Å². The topological polar surface area (TPSA) is 289 Å². The zero-order valence-electron chi connectivity index (χ0n) is 36.8. The number of thiocarbonyl (C=S) groups is 1. The Hall–Kier alpha value is -5.71. The van der Waals surface area contributed by atoms with Gasteiger partial charge in [-0.1, -0.05) is 25.0 Å². The number of urea groups is 1. The summed E-state index contributed by atoms with van der Waals surface area (Å²) in [4.78, 5) is 101. The number of nitrogens with zero attached hydrogens (tertiary/aromatic N) is 3. The number of aromatic nitrogens is 1. The lowest BCUT2D eigenvalue weighted by atomic mass is 10.0. The van der Waals surface area contributed by atoms with Gasteiger partial charge in [0.05, 0.1) is 49.7 Å². The molecule has 2 aliphatic rings. The number of carbonyl (C=O) groups is 8. The van der Waals surface area contributed by atoms with Crippen molar-refractivity contribution in [3.05, 3.63) is 47.8 Å². The number of pyridine rings is 1. The molecule has 2 aromatic rings. The number of carbonyl (C=O) groups excluding carboxylic acids is 5. The van der Waals surface area contributed by atoms with Crippen molar-refractivity contribution in [3.8, 4) is 11.1 Å². The van der Waals surface area contributed by atoms with Gasteiger partial charge >= 0.3 is 23.9 Å². The number of carboxylic acids is 3. The molecule has 4 rings (SSSR count). The summed E-state index contributed by atoms with van der Waals surface area (Å²) in [5.74, 6) is -2.81. The minimum absolute atomic E-state index is 0.0353. The van der Waals surface area contributed by atoms with E-state index >= 15 is 0 Å². The lowest BCUT2D eigenvalue weighted by Gasteiger charge is -2.20. The minimum Gasteiger partial charge on any atom is -0.480 e. The van der Waals surface area contributed by atoms with Crippen LogP contribution in [0.3, 0.4) is 0 Å². The van der Waals surface area contributed by atoms with Crippen LogP contribution in [0.5, 0.6) is 0 Å². The quantitative estimate of drug-likeness (QED) is 0.0220. The molecule has 3 heterocycles. The molecule has 0 aliphatic carbocycles. The molecule has 2 saturated heterocycles. The maximum absolute atomic E-state index is 12.5. The van der Waals surface area contributed by atoms with Crippen LogP contribution in [-0.2, 0) is 46.7 Å². The van der Waals surface area contributed by atoms with Crippen molar-refractivity contribution in [1.82, 2.24) is 41.4 Å². The number of hydrogen-bond donors (Lipinski definition) is 9. The van der Waals surface area contributed by atoms with Crippen LogP contribution in [0.15, 0.2) is 36.4 Å². The molecule has 360 valence electrons. The van der Waals surface area contributed by atoms with Crippen molar-refractivity contribution in [1.29, 1.82) is 0 Å². The fourth-order valence-corrected chi connectivity index (χ4v) is 9.46. The summed E-state index contributed by atoms with van der Waals surface area (Å²) in [6.45, 7) is -0.0187. The van der Waals surface area contributed by atoms with E-state index in [4.69, 9.17) is 12.2 Å². The maximum atomic E-state index is 12.5. The number of anilines is 1. The van der Waals surface area contributed by atoms with Gasteiger partial charge in [-0.3, -0.25) is 34.0 Å². The van der Waals surface area contributed by atoms with Crippen LogP contribution in [0, 0.1) is 0 Å². The Morgan fingerprint density at radius 3 is 2.02 bits per heavy atom. The normalized spacial score (nSPS) is 16.7. The van der Waals surface area contributed by atoms with Crippen LogP contribution >= 0.6 is 24.0 Å². The fourth-order valence-electron chi connectivity index (χ4n) is 7.70. The van der Waals surface area contributed by atoms with Crippen LogP contribution in [0.4, 0.5) is 10.5 Å². The summed E-state index contributed by atoms with van der Waals surface area (Å²) in [7, 11) is 0. The van der Waals surface area contributed by atoms with E-state index in [0.29, 0.717) is 97.2 Å². The summed E-state index contributed by atoms with van der Waals surface area (Å²) in [5.41, 5.74) is 3.06. The predicted molar refractivity (Wildman–Crippen MR) is 251 cm³/mol.